The third-order valence-electron chi connectivity index (χ3n) is 5.70. The first-order chi connectivity index (χ1) is 13.7. The van der Waals surface area contributed by atoms with Crippen LogP contribution in [-0.2, 0) is 9.63 Å². The van der Waals surface area contributed by atoms with Crippen LogP contribution in [0.4, 0.5) is 0 Å². The van der Waals surface area contributed by atoms with Crippen molar-refractivity contribution in [3.8, 4) is 0 Å². The molecule has 1 N–H and O–H groups in total. The summed E-state index contributed by atoms with van der Waals surface area (Å²) in [5, 5.41) is 14.9. The Morgan fingerprint density at radius 2 is 1.75 bits per heavy atom. The predicted molar refractivity (Wildman–Crippen MR) is 115 cm³/mol. The molecule has 0 saturated carbocycles. The number of aliphatic hydroxyl groups excluding tert-OH is 1. The van der Waals surface area contributed by atoms with Crippen LogP contribution < -0.4 is 0 Å². The fourth-order valence-corrected chi connectivity index (χ4v) is 4.27. The molecule has 156 valence electrons. The second-order valence-corrected chi connectivity index (χ2v) is 7.91. The fraction of sp³-hybridized carbons (Fsp3) is 0.667. The van der Waals surface area contributed by atoms with Crippen LogP contribution in [0.3, 0.4) is 0 Å². The summed E-state index contributed by atoms with van der Waals surface area (Å²) in [7, 11) is 0. The molecule has 0 bridgehead atoms. The van der Waals surface area contributed by atoms with Crippen molar-refractivity contribution < 1.29 is 14.7 Å². The zero-order valence-corrected chi connectivity index (χ0v) is 17.7. The predicted octanol–water partition coefficient (Wildman–Crippen LogP) is 6.44. The maximum Gasteiger partial charge on any atom is 0.168 e. The Hall–Kier alpha value is -1.84. The molecule has 2 aliphatic carbocycles. The lowest BCUT2D eigenvalue weighted by Gasteiger charge is -2.31. The number of hydrogen-bond acceptors (Lipinski definition) is 4. The van der Waals surface area contributed by atoms with Gasteiger partial charge in [0.15, 0.2) is 5.78 Å². The minimum absolute atomic E-state index is 0.0298. The van der Waals surface area contributed by atoms with E-state index in [4.69, 9.17) is 4.84 Å². The number of rotatable bonds is 6. The molecule has 4 nitrogen and oxygen atoms in total. The third-order valence-corrected chi connectivity index (χ3v) is 5.70. The standard InChI is InChI=1S/C24H37NO3/c1-3-14-21(25-28-4-2)24-22(26)17-20(18-23(24)27)19-15-12-10-8-6-5-7-9-11-13-16-19/h6,8-9,11,19-20,26H,3-5,7,10,12-18H2,1-2H3/b8-6-,11-9-,25-21?. The van der Waals surface area contributed by atoms with Gasteiger partial charge in [-0.2, -0.15) is 0 Å². The molecule has 0 aromatic heterocycles. The van der Waals surface area contributed by atoms with E-state index in [1.54, 1.807) is 0 Å². The normalized spacial score (nSPS) is 27.6. The molecule has 0 aromatic carbocycles. The van der Waals surface area contributed by atoms with E-state index >= 15 is 0 Å². The van der Waals surface area contributed by atoms with Crippen molar-refractivity contribution in [2.24, 2.45) is 17.0 Å². The van der Waals surface area contributed by atoms with Crippen LogP contribution in [0.1, 0.15) is 84.5 Å². The van der Waals surface area contributed by atoms with E-state index in [-0.39, 0.29) is 17.5 Å². The van der Waals surface area contributed by atoms with Gasteiger partial charge in [0, 0.05) is 12.8 Å². The zero-order chi connectivity index (χ0) is 20.2. The topological polar surface area (TPSA) is 58.9 Å². The van der Waals surface area contributed by atoms with Gasteiger partial charge in [0.25, 0.3) is 0 Å². The second-order valence-electron chi connectivity index (χ2n) is 7.91. The Morgan fingerprint density at radius 1 is 1.04 bits per heavy atom. The zero-order valence-electron chi connectivity index (χ0n) is 17.7. The van der Waals surface area contributed by atoms with E-state index in [9.17, 15) is 9.90 Å². The van der Waals surface area contributed by atoms with E-state index < -0.39 is 0 Å². The second kappa shape index (κ2) is 12.6. The molecule has 28 heavy (non-hydrogen) atoms. The maximum atomic E-state index is 12.9. The molecule has 0 aromatic rings. The summed E-state index contributed by atoms with van der Waals surface area (Å²) in [6.07, 6.45) is 19.5. The van der Waals surface area contributed by atoms with Crippen LogP contribution in [0.5, 0.6) is 0 Å². The Kier molecular flexibility index (Phi) is 10.1. The van der Waals surface area contributed by atoms with Gasteiger partial charge in [-0.15, -0.1) is 0 Å². The largest absolute Gasteiger partial charge is 0.511 e. The van der Waals surface area contributed by atoms with E-state index in [2.05, 4.69) is 29.5 Å². The van der Waals surface area contributed by atoms with Crippen molar-refractivity contribution in [1.82, 2.24) is 0 Å². The molecular weight excluding hydrogens is 350 g/mol. The van der Waals surface area contributed by atoms with Crippen molar-refractivity contribution >= 4 is 11.5 Å². The minimum Gasteiger partial charge on any atom is -0.511 e. The first-order valence-electron chi connectivity index (χ1n) is 11.1. The number of Topliss-reactive ketones (excluding diaryl/α,β-unsaturated/α-hetero) is 1. The van der Waals surface area contributed by atoms with Crippen LogP contribution in [-0.4, -0.2) is 23.2 Å². The summed E-state index contributed by atoms with van der Waals surface area (Å²) in [6, 6.07) is 0. The first kappa shape index (κ1) is 22.4. The maximum absolute atomic E-state index is 12.9. The van der Waals surface area contributed by atoms with Crippen molar-refractivity contribution in [1.29, 1.82) is 0 Å². The number of aliphatic hydroxyl groups is 1. The summed E-state index contributed by atoms with van der Waals surface area (Å²) in [5.41, 5.74) is 1.03. The number of hydrogen-bond donors (Lipinski definition) is 1. The Labute approximate surface area is 170 Å². The lowest BCUT2D eigenvalue weighted by Crippen LogP contribution is -2.29. The SMILES string of the molecule is CCCC(=NOCC)C1=C(O)CC(C2CC/C=C\CC/C=C\CCC2)CC1=O. The Bertz CT molecular complexity index is 615. The summed E-state index contributed by atoms with van der Waals surface area (Å²) in [4.78, 5) is 18.1. The van der Waals surface area contributed by atoms with Crippen molar-refractivity contribution in [3.63, 3.8) is 0 Å². The highest BCUT2D eigenvalue weighted by Gasteiger charge is 2.34. The monoisotopic (exact) mass is 387 g/mol. The number of allylic oxidation sites excluding steroid dienone is 6. The molecule has 0 amide bonds. The van der Waals surface area contributed by atoms with Gasteiger partial charge in [-0.3, -0.25) is 4.79 Å². The van der Waals surface area contributed by atoms with Gasteiger partial charge in [-0.25, -0.2) is 0 Å². The summed E-state index contributed by atoms with van der Waals surface area (Å²) in [5.74, 6) is 0.951. The average molecular weight is 388 g/mol. The summed E-state index contributed by atoms with van der Waals surface area (Å²) >= 11 is 0. The van der Waals surface area contributed by atoms with Gasteiger partial charge in [0.1, 0.15) is 12.4 Å². The third kappa shape index (κ3) is 6.96. The number of ketones is 1. The Morgan fingerprint density at radius 3 is 2.43 bits per heavy atom. The molecule has 0 spiro atoms. The molecule has 2 aliphatic rings. The van der Waals surface area contributed by atoms with Crippen molar-refractivity contribution in [2.45, 2.75) is 84.5 Å². The highest BCUT2D eigenvalue weighted by atomic mass is 16.6. The highest BCUT2D eigenvalue weighted by Crippen LogP contribution is 2.37. The lowest BCUT2D eigenvalue weighted by atomic mass is 9.74. The van der Waals surface area contributed by atoms with E-state index in [0.29, 0.717) is 43.1 Å². The average Bonchev–Trinajstić information content (AvgIpc) is 2.66. The van der Waals surface area contributed by atoms with E-state index in [1.165, 1.54) is 0 Å². The molecule has 2 rings (SSSR count). The van der Waals surface area contributed by atoms with Crippen LogP contribution >= 0.6 is 0 Å². The number of oxime groups is 1. The van der Waals surface area contributed by atoms with Gasteiger partial charge in [-0.1, -0.05) is 42.8 Å². The van der Waals surface area contributed by atoms with Crippen LogP contribution in [0, 0.1) is 11.8 Å². The van der Waals surface area contributed by atoms with Crippen LogP contribution in [0.25, 0.3) is 0 Å². The van der Waals surface area contributed by atoms with Gasteiger partial charge in [0.05, 0.1) is 11.3 Å². The first-order valence-corrected chi connectivity index (χ1v) is 11.1. The van der Waals surface area contributed by atoms with Gasteiger partial charge in [-0.05, 0) is 70.1 Å². The van der Waals surface area contributed by atoms with Gasteiger partial charge >= 0.3 is 0 Å². The number of carbonyl (C=O) groups excluding carboxylic acids is 1. The Balaban J connectivity index is 2.12. The minimum atomic E-state index is 0.0298. The molecule has 0 fully saturated rings. The van der Waals surface area contributed by atoms with Gasteiger partial charge in [0.2, 0.25) is 0 Å². The molecule has 0 aliphatic heterocycles. The van der Waals surface area contributed by atoms with Crippen molar-refractivity contribution in [3.05, 3.63) is 35.6 Å². The van der Waals surface area contributed by atoms with Crippen molar-refractivity contribution in [2.75, 3.05) is 6.61 Å². The highest BCUT2D eigenvalue weighted by molar-refractivity contribution is 6.23. The molecule has 4 heteroatoms. The van der Waals surface area contributed by atoms with E-state index in [0.717, 1.165) is 51.4 Å². The van der Waals surface area contributed by atoms with E-state index in [1.807, 2.05) is 13.8 Å². The van der Waals surface area contributed by atoms with Crippen LogP contribution in [0.15, 0.2) is 40.8 Å². The molecule has 0 heterocycles. The fourth-order valence-electron chi connectivity index (χ4n) is 4.27. The molecule has 2 atom stereocenters. The van der Waals surface area contributed by atoms with Gasteiger partial charge < -0.3 is 9.94 Å². The smallest absolute Gasteiger partial charge is 0.168 e. The molecule has 0 saturated heterocycles. The molecule has 0 radical (unpaired) electrons. The molecular formula is C24H37NO3. The number of carbonyl (C=O) groups is 1. The van der Waals surface area contributed by atoms with Crippen LogP contribution in [0.2, 0.25) is 0 Å². The summed E-state index contributed by atoms with van der Waals surface area (Å²) < 4.78 is 0. The lowest BCUT2D eigenvalue weighted by molar-refractivity contribution is -0.117. The molecule has 2 unspecified atom stereocenters. The summed E-state index contributed by atoms with van der Waals surface area (Å²) in [6.45, 7) is 4.37. The number of nitrogens with zero attached hydrogens (tertiary/aromatic N) is 1. The quantitative estimate of drug-likeness (QED) is 0.324.